The first-order valence-electron chi connectivity index (χ1n) is 9.65. The molecule has 4 rings (SSSR count). The molecule has 0 bridgehead atoms. The molecule has 1 amide bonds. The summed E-state index contributed by atoms with van der Waals surface area (Å²) in [6.45, 7) is 1.09. The number of para-hydroxylation sites is 1. The molecule has 0 N–H and O–H groups in total. The lowest BCUT2D eigenvalue weighted by atomic mass is 10.1. The predicted octanol–water partition coefficient (Wildman–Crippen LogP) is 4.81. The number of anilines is 1. The maximum Gasteiger partial charge on any atom is 0.260 e. The highest BCUT2D eigenvalue weighted by Crippen LogP contribution is 2.32. The number of fused-ring (bicyclic) bond motifs is 1. The Morgan fingerprint density at radius 2 is 1.94 bits per heavy atom. The Kier molecular flexibility index (Phi) is 7.66. The Balaban J connectivity index is 0.00000289. The van der Waals surface area contributed by atoms with Crippen LogP contribution in [0.3, 0.4) is 0 Å². The van der Waals surface area contributed by atoms with Gasteiger partial charge in [-0.15, -0.1) is 12.4 Å². The number of methoxy groups -OCH3 is 2. The van der Waals surface area contributed by atoms with Crippen molar-refractivity contribution in [3.05, 3.63) is 66.5 Å². The quantitative estimate of drug-likeness (QED) is 0.365. The summed E-state index contributed by atoms with van der Waals surface area (Å²) in [6.07, 6.45) is 5.97. The van der Waals surface area contributed by atoms with Crippen LogP contribution >= 0.6 is 23.7 Å². The van der Waals surface area contributed by atoms with Crippen LogP contribution in [0.25, 0.3) is 10.2 Å². The number of ether oxygens (including phenoxy) is 2. The van der Waals surface area contributed by atoms with Gasteiger partial charge in [0.1, 0.15) is 22.8 Å². The van der Waals surface area contributed by atoms with Gasteiger partial charge in [0.25, 0.3) is 5.91 Å². The molecule has 10 heteroatoms. The van der Waals surface area contributed by atoms with Crippen molar-refractivity contribution in [2.75, 3.05) is 25.7 Å². The Hall–Kier alpha value is -3.17. The van der Waals surface area contributed by atoms with Crippen molar-refractivity contribution >= 4 is 45.0 Å². The van der Waals surface area contributed by atoms with Crippen LogP contribution in [0.15, 0.2) is 55.1 Å². The minimum absolute atomic E-state index is 0. The smallest absolute Gasteiger partial charge is 0.260 e. The van der Waals surface area contributed by atoms with Crippen LogP contribution in [0, 0.1) is 5.82 Å². The molecule has 168 valence electrons. The number of imidazole rings is 1. The monoisotopic (exact) mass is 476 g/mol. The molecule has 0 aliphatic rings. The molecule has 4 aromatic rings. The highest BCUT2D eigenvalue weighted by atomic mass is 35.5. The lowest BCUT2D eigenvalue weighted by Gasteiger charge is -2.20. The number of hydrogen-bond acceptors (Lipinski definition) is 6. The molecule has 0 unspecified atom stereocenters. The number of halogens is 2. The summed E-state index contributed by atoms with van der Waals surface area (Å²) in [5.41, 5.74) is 0.664. The van der Waals surface area contributed by atoms with Gasteiger partial charge in [-0.25, -0.2) is 14.4 Å². The molecular formula is C22H22ClFN4O3S. The number of carbonyl (C=O) groups is 1. The van der Waals surface area contributed by atoms with Gasteiger partial charge in [-0.05, 0) is 30.7 Å². The molecule has 2 heterocycles. The Morgan fingerprint density at radius 3 is 2.56 bits per heavy atom. The van der Waals surface area contributed by atoms with Crippen LogP contribution in [-0.2, 0) is 6.54 Å². The number of thiazole rings is 1. The highest BCUT2D eigenvalue weighted by molar-refractivity contribution is 7.22. The van der Waals surface area contributed by atoms with E-state index in [0.29, 0.717) is 46.4 Å². The average molecular weight is 477 g/mol. The van der Waals surface area contributed by atoms with E-state index in [1.54, 1.807) is 47.8 Å². The zero-order valence-corrected chi connectivity index (χ0v) is 19.2. The second kappa shape index (κ2) is 10.4. The van der Waals surface area contributed by atoms with Gasteiger partial charge >= 0.3 is 0 Å². The predicted molar refractivity (Wildman–Crippen MR) is 125 cm³/mol. The zero-order chi connectivity index (χ0) is 21.8. The fourth-order valence-electron chi connectivity index (χ4n) is 3.22. The molecule has 7 nitrogen and oxygen atoms in total. The van der Waals surface area contributed by atoms with Gasteiger partial charge in [-0.3, -0.25) is 9.69 Å². The molecule has 2 aromatic carbocycles. The summed E-state index contributed by atoms with van der Waals surface area (Å²) >= 11 is 1.28. The first kappa shape index (κ1) is 23.5. The highest BCUT2D eigenvalue weighted by Gasteiger charge is 2.23. The summed E-state index contributed by atoms with van der Waals surface area (Å²) in [5, 5.41) is 0.442. The van der Waals surface area contributed by atoms with E-state index in [-0.39, 0.29) is 23.8 Å². The molecule has 0 atom stereocenters. The summed E-state index contributed by atoms with van der Waals surface area (Å²) < 4.78 is 27.5. The average Bonchev–Trinajstić information content (AvgIpc) is 3.46. The van der Waals surface area contributed by atoms with E-state index < -0.39 is 5.82 Å². The summed E-state index contributed by atoms with van der Waals surface area (Å²) in [5.74, 6) is 0.351. The van der Waals surface area contributed by atoms with Crippen LogP contribution in [0.2, 0.25) is 0 Å². The SMILES string of the molecule is COc1cc(OC)cc(C(=O)N(CCCn2ccnc2)c2nc3c(F)cccc3s2)c1.Cl. The van der Waals surface area contributed by atoms with Crippen LogP contribution in [0.1, 0.15) is 16.8 Å². The minimum atomic E-state index is -0.408. The van der Waals surface area contributed by atoms with Gasteiger partial charge in [0.2, 0.25) is 0 Å². The fourth-order valence-corrected chi connectivity index (χ4v) is 4.22. The van der Waals surface area contributed by atoms with Crippen LogP contribution in [0.4, 0.5) is 9.52 Å². The van der Waals surface area contributed by atoms with Crippen LogP contribution < -0.4 is 14.4 Å². The van der Waals surface area contributed by atoms with Gasteiger partial charge in [-0.2, -0.15) is 0 Å². The van der Waals surface area contributed by atoms with Crippen LogP contribution in [0.5, 0.6) is 11.5 Å². The van der Waals surface area contributed by atoms with Crippen molar-refractivity contribution in [2.45, 2.75) is 13.0 Å². The summed E-state index contributed by atoms with van der Waals surface area (Å²) in [6, 6.07) is 9.81. The molecule has 0 fully saturated rings. The number of hydrogen-bond donors (Lipinski definition) is 0. The van der Waals surface area contributed by atoms with Gasteiger partial charge in [0.15, 0.2) is 5.13 Å². The topological polar surface area (TPSA) is 69.5 Å². The Bertz CT molecular complexity index is 1180. The van der Waals surface area contributed by atoms with Gasteiger partial charge in [0, 0.05) is 37.1 Å². The van der Waals surface area contributed by atoms with Crippen molar-refractivity contribution in [3.8, 4) is 11.5 Å². The lowest BCUT2D eigenvalue weighted by Crippen LogP contribution is -2.32. The molecule has 0 radical (unpaired) electrons. The van der Waals surface area contributed by atoms with Gasteiger partial charge in [-0.1, -0.05) is 17.4 Å². The van der Waals surface area contributed by atoms with Gasteiger partial charge in [0.05, 0.1) is 25.2 Å². The number of nitrogens with zero attached hydrogens (tertiary/aromatic N) is 4. The normalized spacial score (nSPS) is 10.6. The van der Waals surface area contributed by atoms with Crippen LogP contribution in [-0.4, -0.2) is 41.2 Å². The Labute approximate surface area is 194 Å². The first-order valence-corrected chi connectivity index (χ1v) is 10.5. The number of benzene rings is 2. The van der Waals surface area contributed by atoms with E-state index in [0.717, 1.165) is 0 Å². The van der Waals surface area contributed by atoms with Gasteiger partial charge < -0.3 is 14.0 Å². The molecule has 0 aliphatic carbocycles. The lowest BCUT2D eigenvalue weighted by molar-refractivity contribution is 0.0985. The molecular weight excluding hydrogens is 455 g/mol. The molecule has 0 saturated heterocycles. The van der Waals surface area contributed by atoms with Crippen molar-refractivity contribution in [1.82, 2.24) is 14.5 Å². The number of carbonyl (C=O) groups excluding carboxylic acids is 1. The number of aromatic nitrogens is 3. The molecule has 0 saturated carbocycles. The number of rotatable bonds is 8. The second-order valence-electron chi connectivity index (χ2n) is 6.80. The molecule has 32 heavy (non-hydrogen) atoms. The third kappa shape index (κ3) is 5.00. The minimum Gasteiger partial charge on any atom is -0.497 e. The van der Waals surface area contributed by atoms with Crippen molar-refractivity contribution < 1.29 is 18.7 Å². The maximum absolute atomic E-state index is 14.2. The van der Waals surface area contributed by atoms with E-state index >= 15 is 0 Å². The largest absolute Gasteiger partial charge is 0.497 e. The van der Waals surface area contributed by atoms with E-state index in [2.05, 4.69) is 9.97 Å². The Morgan fingerprint density at radius 1 is 1.19 bits per heavy atom. The third-order valence-electron chi connectivity index (χ3n) is 4.79. The van der Waals surface area contributed by atoms with E-state index in [9.17, 15) is 9.18 Å². The zero-order valence-electron chi connectivity index (χ0n) is 17.5. The van der Waals surface area contributed by atoms with Crippen molar-refractivity contribution in [3.63, 3.8) is 0 Å². The molecule has 0 spiro atoms. The summed E-state index contributed by atoms with van der Waals surface area (Å²) in [4.78, 5) is 23.6. The molecule has 2 aromatic heterocycles. The van der Waals surface area contributed by atoms with E-state index in [1.165, 1.54) is 31.6 Å². The second-order valence-corrected chi connectivity index (χ2v) is 7.80. The van der Waals surface area contributed by atoms with E-state index in [4.69, 9.17) is 9.47 Å². The van der Waals surface area contributed by atoms with Crippen molar-refractivity contribution in [1.29, 1.82) is 0 Å². The standard InChI is InChI=1S/C22H21FN4O3S.ClH/c1-29-16-11-15(12-17(13-16)30-2)21(28)27(9-4-8-26-10-7-24-14-26)22-25-20-18(23)5-3-6-19(20)31-22;/h3,5-7,10-14H,4,8-9H2,1-2H3;1H. The number of amides is 1. The maximum atomic E-state index is 14.2. The fraction of sp³-hybridized carbons (Fsp3) is 0.227. The molecule has 0 aliphatic heterocycles. The first-order chi connectivity index (χ1) is 15.1. The summed E-state index contributed by atoms with van der Waals surface area (Å²) in [7, 11) is 3.06. The van der Waals surface area contributed by atoms with E-state index in [1.807, 2.05) is 10.8 Å². The number of aryl methyl sites for hydroxylation is 1. The van der Waals surface area contributed by atoms with Crippen molar-refractivity contribution in [2.24, 2.45) is 0 Å². The third-order valence-corrected chi connectivity index (χ3v) is 5.83.